The molecule has 0 aliphatic carbocycles. The summed E-state index contributed by atoms with van der Waals surface area (Å²) >= 11 is 0. The lowest BCUT2D eigenvalue weighted by atomic mass is 9.95. The van der Waals surface area contributed by atoms with Crippen molar-refractivity contribution in [3.05, 3.63) is 65.7 Å². The van der Waals surface area contributed by atoms with E-state index in [0.29, 0.717) is 38.6 Å². The molecule has 210 valence electrons. The molecule has 0 heterocycles. The minimum atomic E-state index is -0.501. The maximum Gasteiger partial charge on any atom is 0.407 e. The number of carbonyl (C=O) groups excluding carboxylic acids is 2. The molecule has 2 aromatic carbocycles. The number of urea groups is 1. The molecule has 0 aromatic heterocycles. The average Bonchev–Trinajstić information content (AvgIpc) is 2.83. The Hall–Kier alpha value is -3.22. The van der Waals surface area contributed by atoms with Crippen LogP contribution in [0, 0.1) is 5.92 Å². The number of hydrogen-bond donors (Lipinski definition) is 2. The van der Waals surface area contributed by atoms with E-state index in [1.165, 1.54) is 0 Å². The van der Waals surface area contributed by atoms with Crippen LogP contribution < -0.4 is 15.4 Å². The van der Waals surface area contributed by atoms with Crippen LogP contribution in [0.15, 0.2) is 54.6 Å². The summed E-state index contributed by atoms with van der Waals surface area (Å²) in [5.74, 6) is 1.19. The highest BCUT2D eigenvalue weighted by Gasteiger charge is 2.24. The summed E-state index contributed by atoms with van der Waals surface area (Å²) in [4.78, 5) is 26.7. The van der Waals surface area contributed by atoms with Crippen molar-refractivity contribution in [2.75, 3.05) is 19.6 Å². The number of nitrogens with one attached hydrogen (secondary N) is 2. The normalized spacial score (nSPS) is 12.4. The average molecular weight is 526 g/mol. The van der Waals surface area contributed by atoms with Crippen molar-refractivity contribution in [2.24, 2.45) is 5.92 Å². The van der Waals surface area contributed by atoms with Crippen molar-refractivity contribution in [2.45, 2.75) is 85.5 Å². The largest absolute Gasteiger partial charge is 0.489 e. The third kappa shape index (κ3) is 12.3. The Bertz CT molecular complexity index is 984. The summed E-state index contributed by atoms with van der Waals surface area (Å²) in [6.07, 6.45) is 2.01. The van der Waals surface area contributed by atoms with Gasteiger partial charge in [-0.2, -0.15) is 0 Å². The molecular weight excluding hydrogens is 478 g/mol. The summed E-state index contributed by atoms with van der Waals surface area (Å²) in [6, 6.07) is 18.1. The highest BCUT2D eigenvalue weighted by Crippen LogP contribution is 2.19. The fourth-order valence-electron chi connectivity index (χ4n) is 4.03. The molecule has 7 nitrogen and oxygen atoms in total. The monoisotopic (exact) mass is 525 g/mol. The topological polar surface area (TPSA) is 79.9 Å². The Morgan fingerprint density at radius 2 is 1.58 bits per heavy atom. The van der Waals surface area contributed by atoms with E-state index in [-0.39, 0.29) is 6.03 Å². The summed E-state index contributed by atoms with van der Waals surface area (Å²) < 4.78 is 11.2. The van der Waals surface area contributed by atoms with Gasteiger partial charge in [0, 0.05) is 25.2 Å². The highest BCUT2D eigenvalue weighted by atomic mass is 16.6. The quantitative estimate of drug-likeness (QED) is 0.310. The van der Waals surface area contributed by atoms with Crippen LogP contribution in [0.4, 0.5) is 9.59 Å². The minimum absolute atomic E-state index is 0.0561. The van der Waals surface area contributed by atoms with Gasteiger partial charge in [0.15, 0.2) is 0 Å². The van der Waals surface area contributed by atoms with E-state index < -0.39 is 17.2 Å². The van der Waals surface area contributed by atoms with Gasteiger partial charge >= 0.3 is 12.1 Å². The first kappa shape index (κ1) is 31.0. The third-order valence-electron chi connectivity index (χ3n) is 6.13. The molecule has 0 saturated carbocycles. The second kappa shape index (κ2) is 14.6. The van der Waals surface area contributed by atoms with E-state index in [4.69, 9.17) is 9.47 Å². The predicted octanol–water partition coefficient (Wildman–Crippen LogP) is 6.56. The zero-order chi connectivity index (χ0) is 28.2. The predicted molar refractivity (Wildman–Crippen MR) is 153 cm³/mol. The summed E-state index contributed by atoms with van der Waals surface area (Å²) in [5.41, 5.74) is 1.36. The highest BCUT2D eigenvalue weighted by molar-refractivity contribution is 5.75. The molecule has 2 rings (SSSR count). The van der Waals surface area contributed by atoms with Crippen LogP contribution in [-0.2, 0) is 17.8 Å². The van der Waals surface area contributed by atoms with Gasteiger partial charge in [0.05, 0.1) is 0 Å². The first-order chi connectivity index (χ1) is 17.9. The molecule has 0 aliphatic heterocycles. The minimum Gasteiger partial charge on any atom is -0.489 e. The molecule has 2 N–H and O–H groups in total. The molecule has 1 atom stereocenters. The molecule has 0 aliphatic rings. The number of rotatable bonds is 13. The van der Waals surface area contributed by atoms with E-state index in [1.807, 2.05) is 88.9 Å². The molecule has 0 spiro atoms. The standard InChI is InChI=1S/C31H47N3O4/c1-8-34(21-19-24(2)18-20-32-29(36)38-30(3,4)5)28(35)33-31(6,7)22-25-14-16-27(17-15-25)37-23-26-12-10-9-11-13-26/h9-17,24H,8,18-23H2,1-7H3,(H,32,36)(H,33,35). The molecule has 2 aromatic rings. The first-order valence-corrected chi connectivity index (χ1v) is 13.7. The molecular formula is C31H47N3O4. The van der Waals surface area contributed by atoms with Crippen molar-refractivity contribution < 1.29 is 19.1 Å². The SMILES string of the molecule is CCN(CCC(C)CCNC(=O)OC(C)(C)C)C(=O)NC(C)(C)Cc1ccc(OCc2ccccc2)cc1. The van der Waals surface area contributed by atoms with E-state index in [1.54, 1.807) is 0 Å². The van der Waals surface area contributed by atoms with Gasteiger partial charge in [-0.15, -0.1) is 0 Å². The van der Waals surface area contributed by atoms with Gasteiger partial charge < -0.3 is 25.0 Å². The van der Waals surface area contributed by atoms with Crippen molar-refractivity contribution >= 4 is 12.1 Å². The fraction of sp³-hybridized carbons (Fsp3) is 0.548. The van der Waals surface area contributed by atoms with Crippen LogP contribution in [0.1, 0.15) is 72.4 Å². The van der Waals surface area contributed by atoms with Gasteiger partial charge in [-0.3, -0.25) is 0 Å². The van der Waals surface area contributed by atoms with Crippen LogP contribution in [0.2, 0.25) is 0 Å². The summed E-state index contributed by atoms with van der Waals surface area (Å²) in [5, 5.41) is 6.01. The van der Waals surface area contributed by atoms with Crippen molar-refractivity contribution in [3.63, 3.8) is 0 Å². The Labute approximate surface area is 229 Å². The van der Waals surface area contributed by atoms with Gasteiger partial charge in [0.1, 0.15) is 18.0 Å². The number of carbonyl (C=O) groups is 2. The Balaban J connectivity index is 1.76. The second-order valence-corrected chi connectivity index (χ2v) is 11.6. The van der Waals surface area contributed by atoms with Crippen LogP contribution in [0.25, 0.3) is 0 Å². The van der Waals surface area contributed by atoms with Crippen LogP contribution >= 0.6 is 0 Å². The van der Waals surface area contributed by atoms with Gasteiger partial charge in [0.2, 0.25) is 0 Å². The smallest absolute Gasteiger partial charge is 0.407 e. The van der Waals surface area contributed by atoms with Gasteiger partial charge in [-0.1, -0.05) is 49.4 Å². The summed E-state index contributed by atoms with van der Waals surface area (Å²) in [6.45, 7) is 16.2. The third-order valence-corrected chi connectivity index (χ3v) is 6.13. The molecule has 0 fully saturated rings. The lowest BCUT2D eigenvalue weighted by Gasteiger charge is -2.31. The van der Waals surface area contributed by atoms with Gasteiger partial charge in [-0.05, 0) is 90.0 Å². The van der Waals surface area contributed by atoms with E-state index in [0.717, 1.165) is 29.7 Å². The molecule has 1 unspecified atom stereocenters. The first-order valence-electron chi connectivity index (χ1n) is 13.7. The molecule has 0 saturated heterocycles. The van der Waals surface area contributed by atoms with Crippen LogP contribution in [-0.4, -0.2) is 47.8 Å². The maximum absolute atomic E-state index is 13.0. The number of alkyl carbamates (subject to hydrolysis) is 1. The zero-order valence-electron chi connectivity index (χ0n) is 24.3. The van der Waals surface area contributed by atoms with Crippen molar-refractivity contribution in [1.29, 1.82) is 0 Å². The second-order valence-electron chi connectivity index (χ2n) is 11.6. The van der Waals surface area contributed by atoms with E-state index >= 15 is 0 Å². The molecule has 0 radical (unpaired) electrons. The van der Waals surface area contributed by atoms with Gasteiger partial charge in [-0.25, -0.2) is 9.59 Å². The number of hydrogen-bond acceptors (Lipinski definition) is 4. The van der Waals surface area contributed by atoms with Gasteiger partial charge in [0.25, 0.3) is 0 Å². The van der Waals surface area contributed by atoms with Crippen molar-refractivity contribution in [3.8, 4) is 5.75 Å². The number of amides is 3. The fourth-order valence-corrected chi connectivity index (χ4v) is 4.03. The lowest BCUT2D eigenvalue weighted by Crippen LogP contribution is -2.51. The van der Waals surface area contributed by atoms with E-state index in [9.17, 15) is 9.59 Å². The number of benzene rings is 2. The molecule has 0 bridgehead atoms. The maximum atomic E-state index is 13.0. The van der Waals surface area contributed by atoms with Crippen molar-refractivity contribution in [1.82, 2.24) is 15.5 Å². The summed E-state index contributed by atoms with van der Waals surface area (Å²) in [7, 11) is 0. The van der Waals surface area contributed by atoms with Crippen LogP contribution in [0.3, 0.4) is 0 Å². The number of nitrogens with zero attached hydrogens (tertiary/aromatic N) is 1. The Kier molecular flexibility index (Phi) is 11.9. The Morgan fingerprint density at radius 1 is 0.921 bits per heavy atom. The Morgan fingerprint density at radius 3 is 2.18 bits per heavy atom. The molecule has 3 amide bonds. The zero-order valence-corrected chi connectivity index (χ0v) is 24.3. The lowest BCUT2D eigenvalue weighted by molar-refractivity contribution is 0.0525. The number of ether oxygens (including phenoxy) is 2. The molecule has 7 heteroatoms. The molecule has 38 heavy (non-hydrogen) atoms. The van der Waals surface area contributed by atoms with Crippen LogP contribution in [0.5, 0.6) is 5.75 Å². The van der Waals surface area contributed by atoms with E-state index in [2.05, 4.69) is 29.7 Å².